The van der Waals surface area contributed by atoms with Crippen LogP contribution in [0.5, 0.6) is 0 Å². The monoisotopic (exact) mass is 299 g/mol. The van der Waals surface area contributed by atoms with E-state index < -0.39 is 6.10 Å². The van der Waals surface area contributed by atoms with E-state index in [0.29, 0.717) is 11.5 Å². The van der Waals surface area contributed by atoms with Gasteiger partial charge in [0.15, 0.2) is 0 Å². The Morgan fingerprint density at radius 1 is 1.47 bits per heavy atom. The number of nitrogens with one attached hydrogen (secondary N) is 1. The lowest BCUT2D eigenvalue weighted by molar-refractivity contribution is 0.113. The summed E-state index contributed by atoms with van der Waals surface area (Å²) < 4.78 is 0. The third kappa shape index (κ3) is 3.79. The zero-order valence-corrected chi connectivity index (χ0v) is 12.3. The minimum atomic E-state index is -0.677. The predicted octanol–water partition coefficient (Wildman–Crippen LogP) is 1.71. The van der Waals surface area contributed by atoms with Crippen molar-refractivity contribution in [3.63, 3.8) is 0 Å². The molecular weight excluding hydrogens is 282 g/mol. The van der Waals surface area contributed by atoms with E-state index in [2.05, 4.69) is 15.3 Å². The van der Waals surface area contributed by atoms with Crippen LogP contribution in [-0.2, 0) is 5.75 Å². The number of thioether (sulfide) groups is 1. The average Bonchev–Trinajstić information content (AvgIpc) is 2.87. The van der Waals surface area contributed by atoms with Crippen molar-refractivity contribution in [1.29, 1.82) is 0 Å². The summed E-state index contributed by atoms with van der Waals surface area (Å²) in [6.45, 7) is 2.64. The number of anilines is 1. The molecule has 1 atom stereocenters. The van der Waals surface area contributed by atoms with Gasteiger partial charge in [0.25, 0.3) is 0 Å². The molecule has 0 fully saturated rings. The van der Waals surface area contributed by atoms with E-state index in [-0.39, 0.29) is 6.61 Å². The fourth-order valence-corrected chi connectivity index (χ4v) is 3.20. The molecule has 0 radical (unpaired) electrons. The van der Waals surface area contributed by atoms with E-state index in [1.165, 1.54) is 11.8 Å². The van der Waals surface area contributed by atoms with Crippen LogP contribution in [0.4, 0.5) is 5.82 Å². The molecule has 0 aliphatic carbocycles. The van der Waals surface area contributed by atoms with Gasteiger partial charge in [-0.05, 0) is 18.4 Å². The van der Waals surface area contributed by atoms with Gasteiger partial charge in [0.05, 0.1) is 23.8 Å². The lowest BCUT2D eigenvalue weighted by Crippen LogP contribution is -2.15. The number of rotatable bonds is 7. The summed E-state index contributed by atoms with van der Waals surface area (Å²) in [6, 6.07) is 2.02. The second kappa shape index (κ2) is 7.04. The first kappa shape index (κ1) is 14.5. The maximum Gasteiger partial charge on any atom is 0.142 e. The van der Waals surface area contributed by atoms with Crippen LogP contribution in [-0.4, -0.2) is 45.2 Å². The van der Waals surface area contributed by atoms with Gasteiger partial charge in [0.1, 0.15) is 16.5 Å². The lowest BCUT2D eigenvalue weighted by Gasteiger charge is -2.08. The van der Waals surface area contributed by atoms with E-state index in [0.717, 1.165) is 28.4 Å². The topological polar surface area (TPSA) is 78.3 Å². The molecule has 2 rings (SSSR count). The highest BCUT2D eigenvalue weighted by Crippen LogP contribution is 2.26. The second-order valence-corrected chi connectivity index (χ2v) is 5.93. The summed E-state index contributed by atoms with van der Waals surface area (Å²) in [5.41, 5.74) is 0. The first-order chi connectivity index (χ1) is 9.24. The average molecular weight is 299 g/mol. The minimum absolute atomic E-state index is 0.208. The molecule has 1 unspecified atom stereocenters. The number of hydrogen-bond acceptors (Lipinski definition) is 7. The van der Waals surface area contributed by atoms with Crippen molar-refractivity contribution in [2.75, 3.05) is 24.2 Å². The number of aliphatic hydroxyl groups excluding tert-OH is 2. The molecule has 2 aromatic rings. The summed E-state index contributed by atoms with van der Waals surface area (Å²) >= 11 is 3.11. The molecule has 2 heterocycles. The zero-order valence-electron chi connectivity index (χ0n) is 10.7. The van der Waals surface area contributed by atoms with E-state index in [9.17, 15) is 5.11 Å². The first-order valence-corrected chi connectivity index (χ1v) is 8.12. The number of aliphatic hydroxyl groups is 2. The van der Waals surface area contributed by atoms with Crippen molar-refractivity contribution in [2.45, 2.75) is 18.8 Å². The Labute approximate surface area is 120 Å². The van der Waals surface area contributed by atoms with Crippen LogP contribution in [0.15, 0.2) is 11.4 Å². The van der Waals surface area contributed by atoms with Crippen molar-refractivity contribution in [1.82, 2.24) is 9.97 Å². The number of nitrogens with zero attached hydrogens (tertiary/aromatic N) is 2. The van der Waals surface area contributed by atoms with Crippen molar-refractivity contribution < 1.29 is 10.2 Å². The van der Waals surface area contributed by atoms with Crippen molar-refractivity contribution in [3.05, 3.63) is 17.3 Å². The maximum absolute atomic E-state index is 9.29. The van der Waals surface area contributed by atoms with Gasteiger partial charge in [-0.15, -0.1) is 11.3 Å². The Kier molecular flexibility index (Phi) is 5.38. The summed E-state index contributed by atoms with van der Waals surface area (Å²) in [7, 11) is 0. The standard InChI is InChI=1S/C12H17N3O2S2/c1-2-13-11-9-3-4-19-12(9)15-10(14-11)7-18-6-8(17)5-16/h3-4,8,16-17H,2,5-7H2,1H3,(H,13,14,15). The number of hydrogen-bond donors (Lipinski definition) is 3. The molecule has 19 heavy (non-hydrogen) atoms. The van der Waals surface area contributed by atoms with Gasteiger partial charge >= 0.3 is 0 Å². The summed E-state index contributed by atoms with van der Waals surface area (Å²) in [6.07, 6.45) is -0.677. The van der Waals surface area contributed by atoms with Crippen LogP contribution in [0.1, 0.15) is 12.7 Å². The fraction of sp³-hybridized carbons (Fsp3) is 0.500. The van der Waals surface area contributed by atoms with E-state index in [1.54, 1.807) is 11.3 Å². The summed E-state index contributed by atoms with van der Waals surface area (Å²) in [5, 5.41) is 24.4. The minimum Gasteiger partial charge on any atom is -0.394 e. The largest absolute Gasteiger partial charge is 0.394 e. The van der Waals surface area contributed by atoms with Crippen LogP contribution < -0.4 is 5.32 Å². The van der Waals surface area contributed by atoms with Crippen LogP contribution in [0.2, 0.25) is 0 Å². The molecule has 0 spiro atoms. The lowest BCUT2D eigenvalue weighted by atomic mass is 10.3. The molecule has 7 heteroatoms. The van der Waals surface area contributed by atoms with Gasteiger partial charge in [0, 0.05) is 12.3 Å². The molecule has 3 N–H and O–H groups in total. The highest BCUT2D eigenvalue weighted by Gasteiger charge is 2.09. The number of fused-ring (bicyclic) bond motifs is 1. The van der Waals surface area contributed by atoms with Gasteiger partial charge in [-0.1, -0.05) is 0 Å². The molecule has 104 valence electrons. The Hall–Kier alpha value is -0.890. The molecule has 5 nitrogen and oxygen atoms in total. The zero-order chi connectivity index (χ0) is 13.7. The third-order valence-corrected chi connectivity index (χ3v) is 4.36. The highest BCUT2D eigenvalue weighted by atomic mass is 32.2. The molecule has 0 aliphatic rings. The van der Waals surface area contributed by atoms with Gasteiger partial charge in [0.2, 0.25) is 0 Å². The van der Waals surface area contributed by atoms with Gasteiger partial charge in [-0.3, -0.25) is 0 Å². The summed E-state index contributed by atoms with van der Waals surface area (Å²) in [5.74, 6) is 2.73. The first-order valence-electron chi connectivity index (χ1n) is 6.09. The quantitative estimate of drug-likeness (QED) is 0.722. The Morgan fingerprint density at radius 2 is 2.32 bits per heavy atom. The Bertz CT molecular complexity index is 533. The highest BCUT2D eigenvalue weighted by molar-refractivity contribution is 7.98. The van der Waals surface area contributed by atoms with E-state index in [4.69, 9.17) is 5.11 Å². The number of thiophene rings is 1. The molecule has 0 aromatic carbocycles. The van der Waals surface area contributed by atoms with Crippen LogP contribution in [0.25, 0.3) is 10.2 Å². The normalized spacial score (nSPS) is 12.8. The van der Waals surface area contributed by atoms with Gasteiger partial charge in [-0.2, -0.15) is 11.8 Å². The van der Waals surface area contributed by atoms with Crippen LogP contribution >= 0.6 is 23.1 Å². The number of aromatic nitrogens is 2. The van der Waals surface area contributed by atoms with Gasteiger partial charge in [-0.25, -0.2) is 9.97 Å². The molecule has 2 aromatic heterocycles. The van der Waals surface area contributed by atoms with E-state index in [1.807, 2.05) is 18.4 Å². The Morgan fingerprint density at radius 3 is 3.05 bits per heavy atom. The predicted molar refractivity (Wildman–Crippen MR) is 80.8 cm³/mol. The smallest absolute Gasteiger partial charge is 0.142 e. The van der Waals surface area contributed by atoms with Crippen molar-refractivity contribution >= 4 is 39.1 Å². The maximum atomic E-state index is 9.29. The summed E-state index contributed by atoms with van der Waals surface area (Å²) in [4.78, 5) is 9.98. The molecular formula is C12H17N3O2S2. The second-order valence-electron chi connectivity index (χ2n) is 4.01. The molecule has 0 saturated heterocycles. The van der Waals surface area contributed by atoms with Gasteiger partial charge < -0.3 is 15.5 Å². The molecule has 0 amide bonds. The van der Waals surface area contributed by atoms with Crippen LogP contribution in [0.3, 0.4) is 0 Å². The van der Waals surface area contributed by atoms with Crippen LogP contribution in [0, 0.1) is 0 Å². The molecule has 0 aliphatic heterocycles. The SMILES string of the molecule is CCNc1nc(CSCC(O)CO)nc2sccc12. The molecule has 0 saturated carbocycles. The third-order valence-electron chi connectivity index (χ3n) is 2.47. The Balaban J connectivity index is 2.10. The molecule has 0 bridgehead atoms. The van der Waals surface area contributed by atoms with Crippen molar-refractivity contribution in [2.24, 2.45) is 0 Å². The fourth-order valence-electron chi connectivity index (χ4n) is 1.61. The van der Waals surface area contributed by atoms with E-state index >= 15 is 0 Å². The van der Waals surface area contributed by atoms with Crippen molar-refractivity contribution in [3.8, 4) is 0 Å².